The van der Waals surface area contributed by atoms with E-state index in [-0.39, 0.29) is 0 Å². The molecule has 0 amide bonds. The van der Waals surface area contributed by atoms with Crippen LogP contribution in [0.2, 0.25) is 10.0 Å². The molecular weight excluding hydrogens is 277 g/mol. The molecule has 0 fully saturated rings. The summed E-state index contributed by atoms with van der Waals surface area (Å²) in [5.74, 6) is 0. The molecule has 3 aromatic rings. The van der Waals surface area contributed by atoms with Gasteiger partial charge in [-0.1, -0.05) is 47.5 Å². The lowest BCUT2D eigenvalue weighted by molar-refractivity contribution is 1.63. The highest BCUT2D eigenvalue weighted by molar-refractivity contribution is 6.35. The fourth-order valence-electron chi connectivity index (χ4n) is 2.23. The monoisotopic (exact) mass is 287 g/mol. The molecule has 0 aliphatic carbocycles. The van der Waals surface area contributed by atoms with Gasteiger partial charge < -0.3 is 5.73 Å². The van der Waals surface area contributed by atoms with E-state index in [0.717, 1.165) is 27.6 Å². The molecule has 0 spiro atoms. The third-order valence-corrected chi connectivity index (χ3v) is 3.53. The molecule has 0 unspecified atom stereocenters. The van der Waals surface area contributed by atoms with E-state index in [1.54, 1.807) is 6.07 Å². The molecule has 19 heavy (non-hydrogen) atoms. The minimum Gasteiger partial charge on any atom is -0.398 e. The van der Waals surface area contributed by atoms with Gasteiger partial charge in [-0.05, 0) is 46.8 Å². The molecule has 94 valence electrons. The molecule has 3 aromatic carbocycles. The summed E-state index contributed by atoms with van der Waals surface area (Å²) in [4.78, 5) is 0. The van der Waals surface area contributed by atoms with Crippen molar-refractivity contribution in [3.63, 3.8) is 0 Å². The molecule has 0 saturated heterocycles. The molecule has 2 N–H and O–H groups in total. The summed E-state index contributed by atoms with van der Waals surface area (Å²) >= 11 is 12.1. The quantitative estimate of drug-likeness (QED) is 0.596. The zero-order valence-electron chi connectivity index (χ0n) is 10.0. The number of rotatable bonds is 1. The van der Waals surface area contributed by atoms with E-state index in [9.17, 15) is 0 Å². The molecule has 0 atom stereocenters. The van der Waals surface area contributed by atoms with Crippen LogP contribution in [0, 0.1) is 0 Å². The number of halogens is 2. The maximum Gasteiger partial charge on any atom is 0.0426 e. The first-order chi connectivity index (χ1) is 9.13. The Kier molecular flexibility index (Phi) is 3.09. The predicted octanol–water partition coefficient (Wildman–Crippen LogP) is 5.40. The van der Waals surface area contributed by atoms with Crippen LogP contribution in [0.3, 0.4) is 0 Å². The molecule has 0 aromatic heterocycles. The first kappa shape index (κ1) is 12.3. The van der Waals surface area contributed by atoms with Gasteiger partial charge in [0.25, 0.3) is 0 Å². The highest BCUT2D eigenvalue weighted by Gasteiger charge is 2.05. The number of nitrogens with two attached hydrogens (primary N) is 1. The van der Waals surface area contributed by atoms with Crippen molar-refractivity contribution < 1.29 is 0 Å². The van der Waals surface area contributed by atoms with Crippen LogP contribution < -0.4 is 5.73 Å². The Morgan fingerprint density at radius 2 is 1.37 bits per heavy atom. The SMILES string of the molecule is Nc1cc(-c2cc(Cl)cc(Cl)c2)cc2ccccc12. The zero-order valence-corrected chi connectivity index (χ0v) is 11.5. The van der Waals surface area contributed by atoms with E-state index >= 15 is 0 Å². The summed E-state index contributed by atoms with van der Waals surface area (Å²) < 4.78 is 0. The summed E-state index contributed by atoms with van der Waals surface area (Å²) in [7, 11) is 0. The predicted molar refractivity (Wildman–Crippen MR) is 83.8 cm³/mol. The minimum atomic E-state index is 0.620. The molecular formula is C16H11Cl2N. The van der Waals surface area contributed by atoms with Crippen LogP contribution in [0.4, 0.5) is 5.69 Å². The Bertz CT molecular complexity index is 746. The maximum atomic E-state index is 6.10. The first-order valence-electron chi connectivity index (χ1n) is 5.88. The second-order valence-corrected chi connectivity index (χ2v) is 5.32. The Balaban J connectivity index is 2.25. The number of nitrogen functional groups attached to an aromatic ring is 1. The number of hydrogen-bond acceptors (Lipinski definition) is 1. The lowest BCUT2D eigenvalue weighted by Gasteiger charge is -2.08. The molecule has 0 aliphatic rings. The van der Waals surface area contributed by atoms with Crippen LogP contribution in [0.25, 0.3) is 21.9 Å². The van der Waals surface area contributed by atoms with Gasteiger partial charge in [-0.2, -0.15) is 0 Å². The van der Waals surface area contributed by atoms with E-state index in [0.29, 0.717) is 10.0 Å². The topological polar surface area (TPSA) is 26.0 Å². The summed E-state index contributed by atoms with van der Waals surface area (Å²) in [6.45, 7) is 0. The largest absolute Gasteiger partial charge is 0.398 e. The molecule has 3 rings (SSSR count). The second kappa shape index (κ2) is 4.76. The normalized spacial score (nSPS) is 10.8. The highest BCUT2D eigenvalue weighted by Crippen LogP contribution is 2.32. The van der Waals surface area contributed by atoms with Gasteiger partial charge in [0, 0.05) is 21.1 Å². The van der Waals surface area contributed by atoms with Gasteiger partial charge in [0.1, 0.15) is 0 Å². The molecule has 0 saturated carbocycles. The molecule has 0 bridgehead atoms. The number of fused-ring (bicyclic) bond motifs is 1. The van der Waals surface area contributed by atoms with Crippen LogP contribution >= 0.6 is 23.2 Å². The second-order valence-electron chi connectivity index (χ2n) is 4.44. The molecule has 0 heterocycles. The third-order valence-electron chi connectivity index (χ3n) is 3.09. The van der Waals surface area contributed by atoms with Crippen molar-refractivity contribution in [2.24, 2.45) is 0 Å². The summed E-state index contributed by atoms with van der Waals surface area (Å²) in [5.41, 5.74) is 8.84. The average molecular weight is 288 g/mol. The van der Waals surface area contributed by atoms with Crippen LogP contribution in [0.5, 0.6) is 0 Å². The van der Waals surface area contributed by atoms with Crippen molar-refractivity contribution in [2.45, 2.75) is 0 Å². The van der Waals surface area contributed by atoms with Crippen molar-refractivity contribution in [1.29, 1.82) is 0 Å². The van der Waals surface area contributed by atoms with Crippen LogP contribution in [-0.4, -0.2) is 0 Å². The summed E-state index contributed by atoms with van der Waals surface area (Å²) in [6, 6.07) is 17.6. The summed E-state index contributed by atoms with van der Waals surface area (Å²) in [6.07, 6.45) is 0. The van der Waals surface area contributed by atoms with Crippen LogP contribution in [0.1, 0.15) is 0 Å². The number of anilines is 1. The molecule has 0 radical (unpaired) electrons. The van der Waals surface area contributed by atoms with Crippen molar-refractivity contribution in [3.05, 3.63) is 64.6 Å². The lowest BCUT2D eigenvalue weighted by Crippen LogP contribution is -1.89. The fraction of sp³-hybridized carbons (Fsp3) is 0. The van der Waals surface area contributed by atoms with E-state index < -0.39 is 0 Å². The smallest absolute Gasteiger partial charge is 0.0426 e. The van der Waals surface area contributed by atoms with E-state index in [1.165, 1.54) is 0 Å². The Morgan fingerprint density at radius 1 is 0.737 bits per heavy atom. The minimum absolute atomic E-state index is 0.620. The Hall–Kier alpha value is -1.70. The molecule has 1 nitrogen and oxygen atoms in total. The van der Waals surface area contributed by atoms with Gasteiger partial charge >= 0.3 is 0 Å². The lowest BCUT2D eigenvalue weighted by atomic mass is 10.00. The fourth-order valence-corrected chi connectivity index (χ4v) is 2.75. The number of benzene rings is 3. The van der Waals surface area contributed by atoms with E-state index in [4.69, 9.17) is 28.9 Å². The first-order valence-corrected chi connectivity index (χ1v) is 6.64. The van der Waals surface area contributed by atoms with Gasteiger partial charge in [-0.3, -0.25) is 0 Å². The van der Waals surface area contributed by atoms with Crippen LogP contribution in [0.15, 0.2) is 54.6 Å². The maximum absolute atomic E-state index is 6.10. The van der Waals surface area contributed by atoms with Crippen molar-refractivity contribution >= 4 is 39.7 Å². The van der Waals surface area contributed by atoms with Crippen molar-refractivity contribution in [2.75, 3.05) is 5.73 Å². The van der Waals surface area contributed by atoms with Crippen molar-refractivity contribution in [3.8, 4) is 11.1 Å². The zero-order chi connectivity index (χ0) is 13.4. The van der Waals surface area contributed by atoms with Gasteiger partial charge in [-0.15, -0.1) is 0 Å². The molecule has 0 aliphatic heterocycles. The van der Waals surface area contributed by atoms with Gasteiger partial charge in [0.05, 0.1) is 0 Å². The van der Waals surface area contributed by atoms with Crippen LogP contribution in [-0.2, 0) is 0 Å². The van der Waals surface area contributed by atoms with E-state index in [2.05, 4.69) is 6.07 Å². The van der Waals surface area contributed by atoms with Gasteiger partial charge in [0.2, 0.25) is 0 Å². The third kappa shape index (κ3) is 2.40. The van der Waals surface area contributed by atoms with Gasteiger partial charge in [0.15, 0.2) is 0 Å². The number of hydrogen-bond donors (Lipinski definition) is 1. The Labute approximate surface area is 121 Å². The summed E-state index contributed by atoms with van der Waals surface area (Å²) in [5, 5.41) is 3.40. The molecule has 3 heteroatoms. The standard InChI is InChI=1S/C16H11Cl2N/c17-13-6-12(7-14(18)9-13)11-5-10-3-1-2-4-15(10)16(19)8-11/h1-9H,19H2. The van der Waals surface area contributed by atoms with E-state index in [1.807, 2.05) is 42.5 Å². The average Bonchev–Trinajstić information content (AvgIpc) is 2.37. The van der Waals surface area contributed by atoms with Crippen molar-refractivity contribution in [1.82, 2.24) is 0 Å². The van der Waals surface area contributed by atoms with Gasteiger partial charge in [-0.25, -0.2) is 0 Å². The highest BCUT2D eigenvalue weighted by atomic mass is 35.5. The Morgan fingerprint density at radius 3 is 2.11 bits per heavy atom.